The second-order valence-corrected chi connectivity index (χ2v) is 6.85. The van der Waals surface area contributed by atoms with E-state index in [0.717, 1.165) is 15.6 Å². The molecule has 0 radical (unpaired) electrons. The molecule has 0 spiro atoms. The lowest BCUT2D eigenvalue weighted by Gasteiger charge is -2.22. The highest BCUT2D eigenvalue weighted by Gasteiger charge is 2.17. The first-order valence-electron chi connectivity index (χ1n) is 6.74. The number of nitrogens with one attached hydrogen (secondary N) is 1. The van der Waals surface area contributed by atoms with Gasteiger partial charge in [0, 0.05) is 4.47 Å². The maximum atomic E-state index is 5.76. The smallest absolute Gasteiger partial charge is 0.0721 e. The lowest BCUT2D eigenvalue weighted by Crippen LogP contribution is -2.29. The molecule has 0 aliphatic carbocycles. The summed E-state index contributed by atoms with van der Waals surface area (Å²) in [6, 6.07) is 16.8. The Balaban J connectivity index is 2.36. The van der Waals surface area contributed by atoms with Crippen LogP contribution in [0.15, 0.2) is 53.0 Å². The highest BCUT2D eigenvalue weighted by molar-refractivity contribution is 9.10. The van der Waals surface area contributed by atoms with Crippen LogP contribution in [0.4, 0.5) is 0 Å². The van der Waals surface area contributed by atoms with Gasteiger partial charge in [0.2, 0.25) is 0 Å². The van der Waals surface area contributed by atoms with Gasteiger partial charge in [-0.25, -0.2) is 5.43 Å². The molecule has 0 aromatic heterocycles. The van der Waals surface area contributed by atoms with Crippen molar-refractivity contribution in [1.29, 1.82) is 0 Å². The van der Waals surface area contributed by atoms with Crippen LogP contribution in [0.3, 0.4) is 0 Å². The molecule has 2 nitrogen and oxygen atoms in total. The van der Waals surface area contributed by atoms with Crippen molar-refractivity contribution in [2.75, 3.05) is 0 Å². The number of hydrazine groups is 1. The lowest BCUT2D eigenvalue weighted by molar-refractivity contribution is 0.588. The molecule has 0 aliphatic rings. The molecule has 0 saturated heterocycles. The average Bonchev–Trinajstić information content (AvgIpc) is 2.41. The minimum absolute atomic E-state index is 0.0143. The molecule has 0 amide bonds. The Bertz CT molecular complexity index is 570. The van der Waals surface area contributed by atoms with Gasteiger partial charge in [-0.1, -0.05) is 79.2 Å². The monoisotopic (exact) mass is 332 g/mol. The van der Waals surface area contributed by atoms with Gasteiger partial charge >= 0.3 is 0 Å². The van der Waals surface area contributed by atoms with Gasteiger partial charge in [-0.2, -0.15) is 0 Å². The molecule has 3 N–H and O–H groups in total. The van der Waals surface area contributed by atoms with Crippen LogP contribution in [0, 0.1) is 0 Å². The Kier molecular flexibility index (Phi) is 4.63. The molecule has 3 heteroatoms. The SMILES string of the molecule is CC(C)(C)c1ccc(C(NN)c2ccccc2Br)cc1. The molecule has 0 aliphatic heterocycles. The summed E-state index contributed by atoms with van der Waals surface area (Å²) in [5, 5.41) is 0. The number of rotatable bonds is 3. The van der Waals surface area contributed by atoms with Crippen molar-refractivity contribution in [2.24, 2.45) is 5.84 Å². The Morgan fingerprint density at radius 2 is 1.60 bits per heavy atom. The van der Waals surface area contributed by atoms with Crippen LogP contribution in [0.1, 0.15) is 43.5 Å². The number of halogens is 1. The zero-order chi connectivity index (χ0) is 14.8. The number of hydrogen-bond acceptors (Lipinski definition) is 2. The number of hydrogen-bond donors (Lipinski definition) is 2. The summed E-state index contributed by atoms with van der Waals surface area (Å²) >= 11 is 3.59. The fraction of sp³-hybridized carbons (Fsp3) is 0.294. The minimum atomic E-state index is -0.0143. The van der Waals surface area contributed by atoms with Gasteiger partial charge in [0.25, 0.3) is 0 Å². The molecule has 2 rings (SSSR count). The first-order valence-corrected chi connectivity index (χ1v) is 7.54. The summed E-state index contributed by atoms with van der Waals surface area (Å²) in [5.41, 5.74) is 6.69. The third kappa shape index (κ3) is 3.29. The normalized spacial score (nSPS) is 13.2. The van der Waals surface area contributed by atoms with Crippen LogP contribution in [-0.2, 0) is 5.41 Å². The van der Waals surface area contributed by atoms with Gasteiger partial charge in [-0.15, -0.1) is 0 Å². The van der Waals surface area contributed by atoms with Gasteiger partial charge in [0.05, 0.1) is 6.04 Å². The molecular weight excluding hydrogens is 312 g/mol. The summed E-state index contributed by atoms with van der Waals surface area (Å²) in [6.07, 6.45) is 0. The van der Waals surface area contributed by atoms with E-state index in [0.29, 0.717) is 0 Å². The third-order valence-electron chi connectivity index (χ3n) is 3.49. The van der Waals surface area contributed by atoms with Crippen LogP contribution >= 0.6 is 15.9 Å². The first-order chi connectivity index (χ1) is 9.43. The Morgan fingerprint density at radius 3 is 2.10 bits per heavy atom. The fourth-order valence-electron chi connectivity index (χ4n) is 2.25. The van der Waals surface area contributed by atoms with Crippen LogP contribution in [-0.4, -0.2) is 0 Å². The van der Waals surface area contributed by atoms with Crippen molar-refractivity contribution in [3.8, 4) is 0 Å². The van der Waals surface area contributed by atoms with Crippen LogP contribution < -0.4 is 11.3 Å². The maximum absolute atomic E-state index is 5.76. The third-order valence-corrected chi connectivity index (χ3v) is 4.22. The zero-order valence-corrected chi connectivity index (χ0v) is 13.7. The van der Waals surface area contributed by atoms with Gasteiger partial charge in [0.1, 0.15) is 0 Å². The van der Waals surface area contributed by atoms with Crippen molar-refractivity contribution < 1.29 is 0 Å². The summed E-state index contributed by atoms with van der Waals surface area (Å²) in [6.45, 7) is 6.65. The van der Waals surface area contributed by atoms with E-state index in [1.54, 1.807) is 0 Å². The molecule has 2 aromatic carbocycles. The number of benzene rings is 2. The van der Waals surface area contributed by atoms with E-state index in [4.69, 9.17) is 5.84 Å². The van der Waals surface area contributed by atoms with Gasteiger partial charge in [-0.05, 0) is 28.2 Å². The second-order valence-electron chi connectivity index (χ2n) is 5.99. The zero-order valence-electron chi connectivity index (χ0n) is 12.2. The van der Waals surface area contributed by atoms with Crippen molar-refractivity contribution >= 4 is 15.9 Å². The number of nitrogens with two attached hydrogens (primary N) is 1. The van der Waals surface area contributed by atoms with Crippen molar-refractivity contribution in [3.05, 3.63) is 69.7 Å². The van der Waals surface area contributed by atoms with Gasteiger partial charge < -0.3 is 0 Å². The molecule has 2 aromatic rings. The van der Waals surface area contributed by atoms with E-state index in [-0.39, 0.29) is 11.5 Å². The van der Waals surface area contributed by atoms with Crippen molar-refractivity contribution in [2.45, 2.75) is 32.2 Å². The second kappa shape index (κ2) is 6.08. The molecule has 1 unspecified atom stereocenters. The van der Waals surface area contributed by atoms with Gasteiger partial charge in [0.15, 0.2) is 0 Å². The van der Waals surface area contributed by atoms with E-state index in [9.17, 15) is 0 Å². The van der Waals surface area contributed by atoms with E-state index in [2.05, 4.69) is 72.5 Å². The summed E-state index contributed by atoms with van der Waals surface area (Å²) in [5.74, 6) is 5.76. The van der Waals surface area contributed by atoms with E-state index < -0.39 is 0 Å². The predicted octanol–water partition coefficient (Wildman–Crippen LogP) is 4.30. The minimum Gasteiger partial charge on any atom is -0.271 e. The Hall–Kier alpha value is -1.16. The predicted molar refractivity (Wildman–Crippen MR) is 88.5 cm³/mol. The highest BCUT2D eigenvalue weighted by Crippen LogP contribution is 2.29. The van der Waals surface area contributed by atoms with Crippen LogP contribution in [0.5, 0.6) is 0 Å². The molecule has 1 atom stereocenters. The van der Waals surface area contributed by atoms with E-state index in [1.807, 2.05) is 18.2 Å². The molecule has 0 fully saturated rings. The lowest BCUT2D eigenvalue weighted by atomic mass is 9.86. The summed E-state index contributed by atoms with van der Waals surface area (Å²) < 4.78 is 1.06. The van der Waals surface area contributed by atoms with E-state index >= 15 is 0 Å². The molecule has 0 bridgehead atoms. The van der Waals surface area contributed by atoms with Crippen LogP contribution in [0.25, 0.3) is 0 Å². The molecule has 106 valence electrons. The molecule has 0 saturated carbocycles. The summed E-state index contributed by atoms with van der Waals surface area (Å²) in [7, 11) is 0. The van der Waals surface area contributed by atoms with E-state index in [1.165, 1.54) is 5.56 Å². The summed E-state index contributed by atoms with van der Waals surface area (Å²) in [4.78, 5) is 0. The van der Waals surface area contributed by atoms with Gasteiger partial charge in [-0.3, -0.25) is 5.84 Å². The molecular formula is C17H21BrN2. The quantitative estimate of drug-likeness (QED) is 0.649. The Morgan fingerprint density at radius 1 is 1.00 bits per heavy atom. The first kappa shape index (κ1) is 15.2. The van der Waals surface area contributed by atoms with Crippen LogP contribution in [0.2, 0.25) is 0 Å². The largest absolute Gasteiger partial charge is 0.271 e. The standard InChI is InChI=1S/C17H21BrN2/c1-17(2,3)13-10-8-12(9-11-13)16(20-19)14-6-4-5-7-15(14)18/h4-11,16,20H,19H2,1-3H3. The molecule has 0 heterocycles. The van der Waals surface area contributed by atoms with Crippen molar-refractivity contribution in [1.82, 2.24) is 5.43 Å². The fourth-order valence-corrected chi connectivity index (χ4v) is 2.76. The average molecular weight is 333 g/mol. The Labute approximate surface area is 129 Å². The topological polar surface area (TPSA) is 38.0 Å². The molecule has 20 heavy (non-hydrogen) atoms. The highest BCUT2D eigenvalue weighted by atomic mass is 79.9. The van der Waals surface area contributed by atoms with Crippen molar-refractivity contribution in [3.63, 3.8) is 0 Å². The maximum Gasteiger partial charge on any atom is 0.0721 e.